The molecule has 0 spiro atoms. The lowest BCUT2D eigenvalue weighted by atomic mass is 9.98. The van der Waals surface area contributed by atoms with Gasteiger partial charge in [-0.15, -0.1) is 0 Å². The summed E-state index contributed by atoms with van der Waals surface area (Å²) < 4.78 is 4.59. The molecular formula is C21H21N3O3. The third-order valence-electron chi connectivity index (χ3n) is 4.29. The van der Waals surface area contributed by atoms with Crippen LogP contribution in [0.3, 0.4) is 0 Å². The Hall–Kier alpha value is -3.28. The minimum Gasteiger partial charge on any atom is -0.468 e. The number of fused-ring (bicyclic) bond motifs is 1. The fourth-order valence-corrected chi connectivity index (χ4v) is 2.76. The van der Waals surface area contributed by atoms with Crippen LogP contribution in [0.25, 0.3) is 22.3 Å². The standard InChI is InChI=1S/C21H21N3O3/c1-13(2)14-7-8-17-15(10-14)16(21(26)23-12-20(25)27-3)11-19(24-17)18-6-4-5-9-22-18/h4-11,13H,12H2,1-3H3,(H,23,26). The van der Waals surface area contributed by atoms with Crippen molar-refractivity contribution in [3.63, 3.8) is 0 Å². The molecule has 2 aromatic heterocycles. The fourth-order valence-electron chi connectivity index (χ4n) is 2.76. The van der Waals surface area contributed by atoms with Crippen molar-refractivity contribution >= 4 is 22.8 Å². The van der Waals surface area contributed by atoms with E-state index < -0.39 is 5.97 Å². The zero-order chi connectivity index (χ0) is 19.4. The SMILES string of the molecule is COC(=O)CNC(=O)c1cc(-c2ccccn2)nc2ccc(C(C)C)cc12. The van der Waals surface area contributed by atoms with Gasteiger partial charge in [0.2, 0.25) is 0 Å². The summed E-state index contributed by atoms with van der Waals surface area (Å²) in [6, 6.07) is 13.1. The molecule has 138 valence electrons. The first-order valence-corrected chi connectivity index (χ1v) is 8.70. The number of carbonyl (C=O) groups excluding carboxylic acids is 2. The number of rotatable bonds is 5. The van der Waals surface area contributed by atoms with Gasteiger partial charge in [0.1, 0.15) is 6.54 Å². The maximum atomic E-state index is 12.8. The molecule has 0 aliphatic carbocycles. The van der Waals surface area contributed by atoms with Gasteiger partial charge in [0.25, 0.3) is 5.91 Å². The third-order valence-corrected chi connectivity index (χ3v) is 4.29. The molecule has 1 amide bonds. The second-order valence-corrected chi connectivity index (χ2v) is 6.46. The molecule has 2 heterocycles. The second-order valence-electron chi connectivity index (χ2n) is 6.46. The van der Waals surface area contributed by atoms with Crippen LogP contribution in [0.5, 0.6) is 0 Å². The first kappa shape index (κ1) is 18.5. The molecule has 3 rings (SSSR count). The molecule has 0 aliphatic heterocycles. The zero-order valence-corrected chi connectivity index (χ0v) is 15.5. The van der Waals surface area contributed by atoms with Gasteiger partial charge in [-0.3, -0.25) is 14.6 Å². The average molecular weight is 363 g/mol. The number of esters is 1. The second kappa shape index (κ2) is 7.95. The normalized spacial score (nSPS) is 10.8. The lowest BCUT2D eigenvalue weighted by Gasteiger charge is -2.12. The Bertz CT molecular complexity index is 985. The number of benzene rings is 1. The lowest BCUT2D eigenvalue weighted by molar-refractivity contribution is -0.139. The van der Waals surface area contributed by atoms with Crippen LogP contribution in [-0.4, -0.2) is 35.5 Å². The highest BCUT2D eigenvalue weighted by atomic mass is 16.5. The Labute approximate surface area is 157 Å². The Morgan fingerprint density at radius 1 is 1.11 bits per heavy atom. The molecule has 6 nitrogen and oxygen atoms in total. The third kappa shape index (κ3) is 4.11. The molecule has 3 aromatic rings. The zero-order valence-electron chi connectivity index (χ0n) is 15.5. The number of methoxy groups -OCH3 is 1. The number of ether oxygens (including phenoxy) is 1. The van der Waals surface area contributed by atoms with Crippen LogP contribution in [0.2, 0.25) is 0 Å². The maximum Gasteiger partial charge on any atom is 0.325 e. The Balaban J connectivity index is 2.12. The summed E-state index contributed by atoms with van der Waals surface area (Å²) in [5.41, 5.74) is 3.53. The van der Waals surface area contributed by atoms with Crippen LogP contribution in [0.4, 0.5) is 0 Å². The van der Waals surface area contributed by atoms with Crippen molar-refractivity contribution in [1.82, 2.24) is 15.3 Å². The van der Waals surface area contributed by atoms with Crippen molar-refractivity contribution in [1.29, 1.82) is 0 Å². The first-order valence-electron chi connectivity index (χ1n) is 8.70. The highest BCUT2D eigenvalue weighted by molar-refractivity contribution is 6.08. The summed E-state index contributed by atoms with van der Waals surface area (Å²) >= 11 is 0. The van der Waals surface area contributed by atoms with Crippen LogP contribution in [-0.2, 0) is 9.53 Å². The van der Waals surface area contributed by atoms with Crippen molar-refractivity contribution in [3.05, 3.63) is 59.8 Å². The van der Waals surface area contributed by atoms with Crippen molar-refractivity contribution in [3.8, 4) is 11.4 Å². The van der Waals surface area contributed by atoms with Gasteiger partial charge in [-0.2, -0.15) is 0 Å². The molecule has 6 heteroatoms. The van der Waals surface area contributed by atoms with Gasteiger partial charge < -0.3 is 10.1 Å². The number of hydrogen-bond acceptors (Lipinski definition) is 5. The van der Waals surface area contributed by atoms with Crippen molar-refractivity contribution in [2.45, 2.75) is 19.8 Å². The number of nitrogens with one attached hydrogen (secondary N) is 1. The average Bonchev–Trinajstić information content (AvgIpc) is 2.70. The van der Waals surface area contributed by atoms with E-state index in [1.54, 1.807) is 12.3 Å². The van der Waals surface area contributed by atoms with Crippen molar-refractivity contribution < 1.29 is 14.3 Å². The summed E-state index contributed by atoms with van der Waals surface area (Å²) in [6.07, 6.45) is 1.68. The van der Waals surface area contributed by atoms with Gasteiger partial charge >= 0.3 is 5.97 Å². The molecule has 0 radical (unpaired) electrons. The molecule has 0 aliphatic rings. The number of nitrogens with zero attached hydrogens (tertiary/aromatic N) is 2. The molecule has 0 unspecified atom stereocenters. The van der Waals surface area contributed by atoms with Crippen molar-refractivity contribution in [2.24, 2.45) is 0 Å². The summed E-state index contributed by atoms with van der Waals surface area (Å²) in [6.45, 7) is 3.99. The van der Waals surface area contributed by atoms with Gasteiger partial charge in [-0.1, -0.05) is 26.0 Å². The maximum absolute atomic E-state index is 12.8. The highest BCUT2D eigenvalue weighted by Gasteiger charge is 2.16. The van der Waals surface area contributed by atoms with E-state index in [0.717, 1.165) is 10.9 Å². The van der Waals surface area contributed by atoms with Gasteiger partial charge in [-0.25, -0.2) is 4.98 Å². The number of aromatic nitrogens is 2. The van der Waals surface area contributed by atoms with Gasteiger partial charge in [0.15, 0.2) is 0 Å². The highest BCUT2D eigenvalue weighted by Crippen LogP contribution is 2.27. The molecule has 1 N–H and O–H groups in total. The Morgan fingerprint density at radius 3 is 2.59 bits per heavy atom. The largest absolute Gasteiger partial charge is 0.468 e. The van der Waals surface area contributed by atoms with Crippen LogP contribution in [0.1, 0.15) is 35.7 Å². The van der Waals surface area contributed by atoms with E-state index in [2.05, 4.69) is 33.9 Å². The van der Waals surface area contributed by atoms with E-state index in [-0.39, 0.29) is 12.5 Å². The molecule has 0 saturated heterocycles. The number of amides is 1. The number of carbonyl (C=O) groups is 2. The topological polar surface area (TPSA) is 81.2 Å². The monoisotopic (exact) mass is 363 g/mol. The molecule has 0 saturated carbocycles. The van der Waals surface area contributed by atoms with E-state index >= 15 is 0 Å². The van der Waals surface area contributed by atoms with Gasteiger partial charge in [0.05, 0.1) is 29.6 Å². The molecule has 0 atom stereocenters. The van der Waals surface area contributed by atoms with E-state index in [9.17, 15) is 9.59 Å². The van der Waals surface area contributed by atoms with Gasteiger partial charge in [0, 0.05) is 11.6 Å². The summed E-state index contributed by atoms with van der Waals surface area (Å²) in [7, 11) is 1.28. The molecular weight excluding hydrogens is 342 g/mol. The number of pyridine rings is 2. The van der Waals surface area contributed by atoms with E-state index in [4.69, 9.17) is 0 Å². The van der Waals surface area contributed by atoms with Crippen LogP contribution in [0, 0.1) is 0 Å². The fraction of sp³-hybridized carbons (Fsp3) is 0.238. The molecule has 1 aromatic carbocycles. The molecule has 0 bridgehead atoms. The minimum absolute atomic E-state index is 0.193. The Morgan fingerprint density at radius 2 is 1.93 bits per heavy atom. The van der Waals surface area contributed by atoms with Crippen LogP contribution in [0.15, 0.2) is 48.7 Å². The first-order chi connectivity index (χ1) is 13.0. The summed E-state index contributed by atoms with van der Waals surface area (Å²) in [5, 5.41) is 3.35. The predicted octanol–water partition coefficient (Wildman–Crippen LogP) is 3.32. The van der Waals surface area contributed by atoms with E-state index in [1.807, 2.05) is 36.4 Å². The van der Waals surface area contributed by atoms with Gasteiger partial charge in [-0.05, 0) is 41.8 Å². The smallest absolute Gasteiger partial charge is 0.325 e. The minimum atomic E-state index is -0.505. The summed E-state index contributed by atoms with van der Waals surface area (Å²) in [4.78, 5) is 33.1. The molecule has 0 fully saturated rings. The van der Waals surface area contributed by atoms with E-state index in [0.29, 0.717) is 28.4 Å². The summed E-state index contributed by atoms with van der Waals surface area (Å²) in [5.74, 6) is -0.545. The van der Waals surface area contributed by atoms with Crippen LogP contribution < -0.4 is 5.32 Å². The Kier molecular flexibility index (Phi) is 5.45. The predicted molar refractivity (Wildman–Crippen MR) is 103 cm³/mol. The molecule has 27 heavy (non-hydrogen) atoms. The van der Waals surface area contributed by atoms with E-state index in [1.165, 1.54) is 7.11 Å². The van der Waals surface area contributed by atoms with Crippen LogP contribution >= 0.6 is 0 Å². The number of hydrogen-bond donors (Lipinski definition) is 1. The quantitative estimate of drug-likeness (QED) is 0.703. The lowest BCUT2D eigenvalue weighted by Crippen LogP contribution is -2.30. The van der Waals surface area contributed by atoms with Crippen molar-refractivity contribution in [2.75, 3.05) is 13.7 Å².